The molecule has 0 N–H and O–H groups in total. The van der Waals surface area contributed by atoms with Crippen molar-refractivity contribution in [1.29, 1.82) is 0 Å². The van der Waals surface area contributed by atoms with Gasteiger partial charge in [0.2, 0.25) is 0 Å². The van der Waals surface area contributed by atoms with E-state index in [1.54, 1.807) is 0 Å². The molecule has 0 radical (unpaired) electrons. The smallest absolute Gasteiger partial charge is 0.851 e. The summed E-state index contributed by atoms with van der Waals surface area (Å²) in [5.74, 6) is 1.32. The number of nitrogens with zero attached hydrogens (tertiary/aromatic N) is 1. The van der Waals surface area contributed by atoms with Crippen molar-refractivity contribution >= 4 is 0 Å². The molecule has 1 heterocycles. The fourth-order valence-corrected chi connectivity index (χ4v) is 4.08. The molecule has 4 aliphatic rings. The van der Waals surface area contributed by atoms with Crippen LogP contribution in [-0.4, -0.2) is 43.3 Å². The van der Waals surface area contributed by atoms with Gasteiger partial charge in [-0.15, -0.1) is 6.10 Å². The Kier molecular flexibility index (Phi) is 3.98. The van der Waals surface area contributed by atoms with Gasteiger partial charge in [-0.2, -0.15) is 0 Å². The van der Waals surface area contributed by atoms with Gasteiger partial charge in [-0.25, -0.2) is 0 Å². The summed E-state index contributed by atoms with van der Waals surface area (Å²) in [4.78, 5) is 2.41. The minimum Gasteiger partial charge on any atom is -0.851 e. The number of hydrogen-bond donors (Lipinski definition) is 0. The van der Waals surface area contributed by atoms with Crippen molar-refractivity contribution < 1.29 is 28.7 Å². The van der Waals surface area contributed by atoms with Gasteiger partial charge in [0.15, 0.2) is 0 Å². The van der Waals surface area contributed by atoms with E-state index in [9.17, 15) is 5.11 Å². The van der Waals surface area contributed by atoms with Gasteiger partial charge in [-0.05, 0) is 23.7 Å². The minimum atomic E-state index is -0.352. The molecule has 0 aromatic rings. The third-order valence-electron chi connectivity index (χ3n) is 5.32. The van der Waals surface area contributed by atoms with E-state index >= 15 is 0 Å². The number of rotatable bonds is 1. The Morgan fingerprint density at radius 1 is 1.18 bits per heavy atom. The molecule has 1 saturated heterocycles. The first-order valence-corrected chi connectivity index (χ1v) is 6.58. The monoisotopic (exact) mass is 231 g/mol. The number of fused-ring (bicyclic) bond motifs is 2. The predicted octanol–water partition coefficient (Wildman–Crippen LogP) is -2.51. The molecule has 3 aliphatic carbocycles. The van der Waals surface area contributed by atoms with Crippen molar-refractivity contribution in [2.45, 2.75) is 38.8 Å². The summed E-state index contributed by atoms with van der Waals surface area (Å²) < 4.78 is 5.38. The maximum Gasteiger partial charge on any atom is 1.00 e. The molecule has 4 fully saturated rings. The first-order valence-electron chi connectivity index (χ1n) is 6.58. The molecule has 0 unspecified atom stereocenters. The zero-order valence-corrected chi connectivity index (χ0v) is 11.3. The van der Waals surface area contributed by atoms with Crippen molar-refractivity contribution in [2.24, 2.45) is 17.3 Å². The van der Waals surface area contributed by atoms with E-state index in [4.69, 9.17) is 4.74 Å². The van der Waals surface area contributed by atoms with Crippen LogP contribution in [0.25, 0.3) is 0 Å². The van der Waals surface area contributed by atoms with Gasteiger partial charge in [0.25, 0.3) is 0 Å². The van der Waals surface area contributed by atoms with Gasteiger partial charge in [0.1, 0.15) is 0 Å². The Morgan fingerprint density at radius 2 is 1.82 bits per heavy atom. The molecule has 0 aromatic heterocycles. The summed E-state index contributed by atoms with van der Waals surface area (Å²) in [6.07, 6.45) is 1.83. The second kappa shape index (κ2) is 4.87. The summed E-state index contributed by atoms with van der Waals surface area (Å²) in [5, 5.41) is 12.2. The molecule has 0 amide bonds. The van der Waals surface area contributed by atoms with Crippen LogP contribution in [0.4, 0.5) is 0 Å². The molecule has 4 atom stereocenters. The van der Waals surface area contributed by atoms with E-state index in [2.05, 4.69) is 18.7 Å². The summed E-state index contributed by atoms with van der Waals surface area (Å²) in [7, 11) is 0. The van der Waals surface area contributed by atoms with Gasteiger partial charge < -0.3 is 9.84 Å². The first kappa shape index (κ1) is 13.9. The molecule has 0 spiro atoms. The molecule has 2 bridgehead atoms. The molecule has 4 heteroatoms. The van der Waals surface area contributed by atoms with Crippen molar-refractivity contribution in [3.63, 3.8) is 0 Å². The Balaban J connectivity index is 0.00000108. The van der Waals surface area contributed by atoms with Crippen molar-refractivity contribution in [3.8, 4) is 0 Å². The first-order chi connectivity index (χ1) is 7.60. The fraction of sp³-hybridized carbons (Fsp3) is 1.00. The Morgan fingerprint density at radius 3 is 2.41 bits per heavy atom. The van der Waals surface area contributed by atoms with E-state index in [0.29, 0.717) is 17.3 Å². The minimum absolute atomic E-state index is 0. The molecular formula is C13H22LiNO2. The molecule has 4 rings (SSSR count). The third kappa shape index (κ3) is 2.11. The van der Waals surface area contributed by atoms with Gasteiger partial charge in [0.05, 0.1) is 13.2 Å². The summed E-state index contributed by atoms with van der Waals surface area (Å²) in [6, 6.07) is 0.281. The third-order valence-corrected chi connectivity index (χ3v) is 5.32. The zero-order valence-electron chi connectivity index (χ0n) is 11.3. The van der Waals surface area contributed by atoms with Crippen LogP contribution in [0.3, 0.4) is 0 Å². The summed E-state index contributed by atoms with van der Waals surface area (Å²) in [5.41, 5.74) is 0.407. The maximum absolute atomic E-state index is 12.2. The van der Waals surface area contributed by atoms with Crippen LogP contribution in [0, 0.1) is 17.3 Å². The normalized spacial score (nSPS) is 44.6. The van der Waals surface area contributed by atoms with E-state index < -0.39 is 0 Å². The molecule has 3 saturated carbocycles. The number of hydrogen-bond acceptors (Lipinski definition) is 3. The van der Waals surface area contributed by atoms with E-state index in [0.717, 1.165) is 32.7 Å². The predicted molar refractivity (Wildman–Crippen MR) is 60.0 cm³/mol. The van der Waals surface area contributed by atoms with E-state index in [1.807, 2.05) is 0 Å². The average molecular weight is 231 g/mol. The van der Waals surface area contributed by atoms with Gasteiger partial charge >= 0.3 is 18.9 Å². The van der Waals surface area contributed by atoms with E-state index in [1.165, 1.54) is 6.42 Å². The van der Waals surface area contributed by atoms with E-state index in [-0.39, 0.29) is 31.0 Å². The van der Waals surface area contributed by atoms with Crippen LogP contribution in [0.15, 0.2) is 0 Å². The van der Waals surface area contributed by atoms with Crippen molar-refractivity contribution in [2.75, 3.05) is 26.3 Å². The van der Waals surface area contributed by atoms with Crippen LogP contribution < -0.4 is 24.0 Å². The van der Waals surface area contributed by atoms with Crippen LogP contribution >= 0.6 is 0 Å². The maximum atomic E-state index is 12.2. The van der Waals surface area contributed by atoms with Crippen molar-refractivity contribution in [3.05, 3.63) is 0 Å². The number of morpholine rings is 1. The fourth-order valence-electron chi connectivity index (χ4n) is 4.08. The second-order valence-corrected chi connectivity index (χ2v) is 6.27. The Hall–Kier alpha value is 0.477. The van der Waals surface area contributed by atoms with Gasteiger partial charge in [-0.3, -0.25) is 4.90 Å². The second-order valence-electron chi connectivity index (χ2n) is 6.27. The van der Waals surface area contributed by atoms with Crippen LogP contribution in [0.1, 0.15) is 26.7 Å². The quantitative estimate of drug-likeness (QED) is 0.468. The molecule has 92 valence electrons. The standard InChI is InChI=1S/C13H22NO2.Li/c1-13(2)9-7-10(13)12(11(15)8-9)14-3-5-16-6-4-14;/h9-12H,3-8H2,1-2H3;/q-1;+1/t9-,10+,11+,12+;/m0./s1. The average Bonchev–Trinajstić information content (AvgIpc) is 2.29. The van der Waals surface area contributed by atoms with Gasteiger partial charge in [-0.1, -0.05) is 20.3 Å². The Labute approximate surface area is 116 Å². The van der Waals surface area contributed by atoms with Gasteiger partial charge in [0, 0.05) is 19.1 Å². The molecule has 0 aromatic carbocycles. The van der Waals surface area contributed by atoms with Crippen LogP contribution in [0.5, 0.6) is 0 Å². The molecule has 17 heavy (non-hydrogen) atoms. The summed E-state index contributed by atoms with van der Waals surface area (Å²) >= 11 is 0. The SMILES string of the molecule is CC1(C)[C@@H]2C[C@@H]([O-])[C@H](N3CCOCC3)[C@H]1C2.[Li+]. The molecule has 3 nitrogen and oxygen atoms in total. The molecular weight excluding hydrogens is 209 g/mol. The summed E-state index contributed by atoms with van der Waals surface area (Å²) in [6.45, 7) is 8.23. The Bertz CT molecular complexity index is 279. The zero-order chi connectivity index (χ0) is 11.3. The molecule has 1 aliphatic heterocycles. The number of ether oxygens (including phenoxy) is 1. The topological polar surface area (TPSA) is 35.5 Å². The van der Waals surface area contributed by atoms with Crippen molar-refractivity contribution in [1.82, 2.24) is 4.90 Å². The van der Waals surface area contributed by atoms with Crippen LogP contribution in [-0.2, 0) is 4.74 Å². The van der Waals surface area contributed by atoms with Crippen LogP contribution in [0.2, 0.25) is 0 Å². The largest absolute Gasteiger partial charge is 1.00 e.